The summed E-state index contributed by atoms with van der Waals surface area (Å²) in [5.74, 6) is -5.02. The molecule has 1 aliphatic carbocycles. The fourth-order valence-electron chi connectivity index (χ4n) is 8.80. The van der Waals surface area contributed by atoms with E-state index in [0.29, 0.717) is 28.1 Å². The second-order valence-electron chi connectivity index (χ2n) is 19.3. The Hall–Kier alpha value is -4.12. The largest absolute Gasteiger partial charge is 0.324 e. The monoisotopic (exact) mass is 992 g/mol. The number of likely N-dealkylation sites (tertiary alicyclic amines) is 1. The molecule has 3 N–H and O–H groups in total. The Balaban J connectivity index is 0.000000442. The van der Waals surface area contributed by atoms with Crippen LogP contribution >= 0.6 is 11.6 Å². The number of sulfone groups is 1. The standard InChI is InChI=1S/C36H39ClF4N4O3S.C12H24FN.C3H7NO/c1-18(2)26(16-22-14-24(38)17-25(39)15-22)34-44-33-30(19(3)13-28(43-33)23-9-11-36(40,41)12-10-23)35(46)45(34)29-8-7-27(37)31(20(29)4)32(42)21(5)49(6,47)48;1-3-4-5-9-14-10-6-7-12(2,13)8-11-14;1-3(5)2-4/h7-8,13-15,17-18,21,23,26,42H,9-12,16H2,1-6H3;3-11H2,1-2H3;2,4H2,1H3. The maximum Gasteiger partial charge on any atom is 0.267 e. The Labute approximate surface area is 404 Å². The van der Waals surface area contributed by atoms with Crippen molar-refractivity contribution < 1.29 is 35.2 Å². The van der Waals surface area contributed by atoms with E-state index >= 15 is 0 Å². The van der Waals surface area contributed by atoms with Crippen molar-refractivity contribution in [1.82, 2.24) is 19.4 Å². The number of aromatic nitrogens is 3. The van der Waals surface area contributed by atoms with Crippen molar-refractivity contribution in [2.24, 2.45) is 11.7 Å². The normalized spacial score (nSPS) is 18.8. The summed E-state index contributed by atoms with van der Waals surface area (Å²) in [6.07, 6.45) is 7.43. The predicted molar refractivity (Wildman–Crippen MR) is 264 cm³/mol. The Bertz CT molecular complexity index is 2560. The number of carbonyl (C=O) groups excluding carboxylic acids is 1. The summed E-state index contributed by atoms with van der Waals surface area (Å²) < 4.78 is 96.6. The lowest BCUT2D eigenvalue weighted by atomic mass is 9.84. The van der Waals surface area contributed by atoms with Gasteiger partial charge in [-0.3, -0.25) is 14.2 Å². The number of halogens is 6. The maximum atomic E-state index is 14.7. The van der Waals surface area contributed by atoms with Crippen molar-refractivity contribution in [3.8, 4) is 5.69 Å². The molecule has 6 rings (SSSR count). The first-order valence-electron chi connectivity index (χ1n) is 23.6. The van der Waals surface area contributed by atoms with Gasteiger partial charge in [-0.05, 0) is 146 Å². The van der Waals surface area contributed by atoms with Gasteiger partial charge >= 0.3 is 0 Å². The lowest BCUT2D eigenvalue weighted by Gasteiger charge is -2.29. The second kappa shape index (κ2) is 24.1. The molecule has 376 valence electrons. The average Bonchev–Trinajstić information content (AvgIpc) is 3.41. The third-order valence-corrected chi connectivity index (χ3v) is 15.0. The second-order valence-corrected chi connectivity index (χ2v) is 22.1. The van der Waals surface area contributed by atoms with Gasteiger partial charge in [0.2, 0.25) is 5.92 Å². The quantitative estimate of drug-likeness (QED) is 0.0720. The minimum Gasteiger partial charge on any atom is -0.324 e. The third-order valence-electron chi connectivity index (χ3n) is 13.2. The number of Topliss-reactive ketones (excluding diaryl/α,β-unsaturated/α-hetero) is 1. The van der Waals surface area contributed by atoms with Crippen LogP contribution in [0.4, 0.5) is 22.0 Å². The number of unbranched alkanes of at least 4 members (excludes halogenated alkanes) is 2. The number of benzene rings is 2. The number of carbonyl (C=O) groups is 1. The van der Waals surface area contributed by atoms with Crippen LogP contribution in [0, 0.1) is 36.8 Å². The molecule has 1 saturated heterocycles. The molecule has 1 aliphatic heterocycles. The van der Waals surface area contributed by atoms with Crippen LogP contribution in [0.25, 0.3) is 16.7 Å². The lowest BCUT2D eigenvalue weighted by molar-refractivity contribution is -0.115. The molecule has 2 aromatic carbocycles. The molecular formula is C51H70ClF5N6O4S. The fraction of sp³-hybridized carbons (Fsp3) is 0.588. The number of rotatable bonds is 14. The van der Waals surface area contributed by atoms with Crippen LogP contribution in [0.15, 0.2) is 41.2 Å². The third kappa shape index (κ3) is 15.2. The minimum atomic E-state index is -3.67. The van der Waals surface area contributed by atoms with E-state index in [4.69, 9.17) is 32.7 Å². The molecule has 68 heavy (non-hydrogen) atoms. The van der Waals surface area contributed by atoms with E-state index in [0.717, 1.165) is 44.7 Å². The van der Waals surface area contributed by atoms with Gasteiger partial charge in [0.1, 0.15) is 34.2 Å². The molecule has 2 aromatic heterocycles. The number of aryl methyl sites for hydroxylation is 1. The average molecular weight is 994 g/mol. The SMILES string of the molecule is CC(=O)CN.CCCCCN1CCCC(C)(F)CC1.Cc1c(-n2c(C(Cc3cc(F)cc(F)c3)C(C)C)nc3nc(C4CCC(F)(F)CC4)cc(C)c3c2=O)ccc(Cl)c1C(=N)C(C)S(C)(=O)=O. The van der Waals surface area contributed by atoms with Crippen LogP contribution in [0.1, 0.15) is 151 Å². The molecule has 3 atom stereocenters. The first kappa shape index (κ1) is 56.5. The molecule has 4 aromatic rings. The molecule has 1 saturated carbocycles. The van der Waals surface area contributed by atoms with Gasteiger partial charge in [0.25, 0.3) is 5.56 Å². The smallest absolute Gasteiger partial charge is 0.267 e. The molecule has 3 unspecified atom stereocenters. The van der Waals surface area contributed by atoms with Gasteiger partial charge in [0.05, 0.1) is 28.4 Å². The summed E-state index contributed by atoms with van der Waals surface area (Å²) in [7, 11) is -3.67. The lowest BCUT2D eigenvalue weighted by Crippen LogP contribution is -2.31. The van der Waals surface area contributed by atoms with E-state index in [-0.39, 0.29) is 89.4 Å². The fourth-order valence-corrected chi connectivity index (χ4v) is 9.65. The summed E-state index contributed by atoms with van der Waals surface area (Å²) >= 11 is 6.57. The molecule has 2 aliphatic rings. The Morgan fingerprint density at radius 2 is 1.59 bits per heavy atom. The Morgan fingerprint density at radius 1 is 0.971 bits per heavy atom. The zero-order valence-corrected chi connectivity index (χ0v) is 42.6. The van der Waals surface area contributed by atoms with Crippen LogP contribution in [0.3, 0.4) is 0 Å². The number of pyridine rings is 1. The number of hydrogen-bond acceptors (Lipinski definition) is 9. The molecule has 0 radical (unpaired) electrons. The molecule has 0 spiro atoms. The summed E-state index contributed by atoms with van der Waals surface area (Å²) in [5, 5.41) is 7.93. The van der Waals surface area contributed by atoms with Crippen molar-refractivity contribution >= 4 is 44.0 Å². The van der Waals surface area contributed by atoms with E-state index < -0.39 is 49.8 Å². The Morgan fingerprint density at radius 3 is 2.15 bits per heavy atom. The van der Waals surface area contributed by atoms with E-state index in [1.165, 1.54) is 62.4 Å². The highest BCUT2D eigenvalue weighted by Crippen LogP contribution is 2.41. The van der Waals surface area contributed by atoms with Crippen LogP contribution in [0.5, 0.6) is 0 Å². The molecular weight excluding hydrogens is 923 g/mol. The van der Waals surface area contributed by atoms with Crippen molar-refractivity contribution in [3.05, 3.63) is 97.2 Å². The number of nitrogens with two attached hydrogens (primary N) is 1. The Kier molecular flexibility index (Phi) is 20.0. The van der Waals surface area contributed by atoms with E-state index in [1.54, 1.807) is 32.9 Å². The molecule has 17 heteroatoms. The van der Waals surface area contributed by atoms with E-state index in [9.17, 15) is 40.0 Å². The van der Waals surface area contributed by atoms with Crippen molar-refractivity contribution in [1.29, 1.82) is 5.41 Å². The number of hydrogen-bond donors (Lipinski definition) is 2. The van der Waals surface area contributed by atoms with Crippen LogP contribution in [-0.4, -0.2) is 88.6 Å². The van der Waals surface area contributed by atoms with Gasteiger partial charge in [-0.1, -0.05) is 45.2 Å². The zero-order valence-electron chi connectivity index (χ0n) is 41.1. The van der Waals surface area contributed by atoms with Gasteiger partial charge in [-0.25, -0.2) is 40.3 Å². The number of fused-ring (bicyclic) bond motifs is 1. The molecule has 0 bridgehead atoms. The molecule has 2 fully saturated rings. The first-order chi connectivity index (χ1) is 31.7. The van der Waals surface area contributed by atoms with Crippen LogP contribution < -0.4 is 11.3 Å². The highest BCUT2D eigenvalue weighted by molar-refractivity contribution is 7.92. The zero-order chi connectivity index (χ0) is 50.9. The van der Waals surface area contributed by atoms with Gasteiger partial charge in [0.15, 0.2) is 15.5 Å². The van der Waals surface area contributed by atoms with Gasteiger partial charge in [-0.15, -0.1) is 0 Å². The minimum absolute atomic E-state index is 0.0324. The van der Waals surface area contributed by atoms with Crippen molar-refractivity contribution in [2.45, 2.75) is 155 Å². The first-order valence-corrected chi connectivity index (χ1v) is 26.0. The molecule has 0 amide bonds. The number of alkyl halides is 3. The van der Waals surface area contributed by atoms with Gasteiger partial charge in [-0.2, -0.15) is 0 Å². The van der Waals surface area contributed by atoms with Gasteiger partial charge in [0, 0.05) is 54.8 Å². The molecule has 10 nitrogen and oxygen atoms in total. The highest BCUT2D eigenvalue weighted by atomic mass is 35.5. The number of nitrogens with zero attached hydrogens (tertiary/aromatic N) is 4. The maximum absolute atomic E-state index is 14.7. The van der Waals surface area contributed by atoms with E-state index in [2.05, 4.69) is 11.8 Å². The van der Waals surface area contributed by atoms with Crippen LogP contribution in [-0.2, 0) is 21.1 Å². The molecule has 3 heterocycles. The summed E-state index contributed by atoms with van der Waals surface area (Å²) in [5.41, 5.74) is 5.58. The van der Waals surface area contributed by atoms with Crippen molar-refractivity contribution in [3.63, 3.8) is 0 Å². The predicted octanol–water partition coefficient (Wildman–Crippen LogP) is 11.3. The topological polar surface area (TPSA) is 152 Å². The summed E-state index contributed by atoms with van der Waals surface area (Å²) in [4.78, 5) is 36.6. The van der Waals surface area contributed by atoms with Gasteiger partial charge < -0.3 is 16.0 Å². The van der Waals surface area contributed by atoms with E-state index in [1.807, 2.05) is 13.8 Å². The summed E-state index contributed by atoms with van der Waals surface area (Å²) in [6.45, 7) is 17.4. The van der Waals surface area contributed by atoms with Crippen LogP contribution in [0.2, 0.25) is 5.02 Å². The number of ketones is 1. The van der Waals surface area contributed by atoms with Crippen molar-refractivity contribution in [2.75, 3.05) is 32.4 Å². The summed E-state index contributed by atoms with van der Waals surface area (Å²) in [6, 6.07) is 8.04. The highest BCUT2D eigenvalue weighted by Gasteiger charge is 2.37. The number of nitrogens with one attached hydrogen (secondary N) is 1.